The van der Waals surface area contributed by atoms with Gasteiger partial charge in [-0.15, -0.1) is 0 Å². The van der Waals surface area contributed by atoms with Crippen molar-refractivity contribution in [2.75, 3.05) is 31.8 Å². The number of hydrogen-bond acceptors (Lipinski definition) is 4. The Kier molecular flexibility index (Phi) is 4.50. The second-order valence-corrected chi connectivity index (χ2v) is 4.93. The Hall–Kier alpha value is -0.460. The fourth-order valence-corrected chi connectivity index (χ4v) is 1.68. The summed E-state index contributed by atoms with van der Waals surface area (Å²) in [6.07, 6.45) is 1.61. The summed E-state index contributed by atoms with van der Waals surface area (Å²) < 4.78 is 15.8. The van der Waals surface area contributed by atoms with Gasteiger partial charge in [0.1, 0.15) is 0 Å². The Bertz CT molecular complexity index is 235. The highest BCUT2D eigenvalue weighted by Crippen LogP contribution is 2.10. The lowest BCUT2D eigenvalue weighted by atomic mass is 10.0. The Morgan fingerprint density at radius 1 is 1.64 bits per heavy atom. The third-order valence-corrected chi connectivity index (χ3v) is 2.93. The Morgan fingerprint density at radius 2 is 2.36 bits per heavy atom. The summed E-state index contributed by atoms with van der Waals surface area (Å²) in [5.74, 6) is 0.134. The van der Waals surface area contributed by atoms with E-state index in [0.29, 0.717) is 25.5 Å². The molecule has 1 rings (SSSR count). The zero-order valence-electron chi connectivity index (χ0n) is 8.19. The number of carbonyl (C=O) groups is 1. The number of carbonyl (C=O) groups excluding carboxylic acids is 1. The number of hydrogen-bond donors (Lipinski definition) is 2. The van der Waals surface area contributed by atoms with Crippen LogP contribution < -0.4 is 11.1 Å². The van der Waals surface area contributed by atoms with Gasteiger partial charge in [0.25, 0.3) is 0 Å². The molecule has 1 amide bonds. The maximum atomic E-state index is 11.5. The molecule has 1 aliphatic heterocycles. The second kappa shape index (κ2) is 5.43. The Morgan fingerprint density at radius 3 is 2.86 bits per heavy atom. The molecule has 6 heteroatoms. The number of ether oxygens (including phenoxy) is 1. The molecular formula is C8H16N2O3S. The quantitative estimate of drug-likeness (QED) is 0.601. The highest BCUT2D eigenvalue weighted by molar-refractivity contribution is 7.84. The second-order valence-electron chi connectivity index (χ2n) is 3.38. The Labute approximate surface area is 85.8 Å². The zero-order valence-corrected chi connectivity index (χ0v) is 9.01. The van der Waals surface area contributed by atoms with Crippen molar-refractivity contribution in [1.82, 2.24) is 5.32 Å². The summed E-state index contributed by atoms with van der Waals surface area (Å²) in [5.41, 5.74) is 5.67. The topological polar surface area (TPSA) is 81.4 Å². The average Bonchev–Trinajstić information content (AvgIpc) is 2.50. The summed E-state index contributed by atoms with van der Waals surface area (Å²) in [5, 5.41) is 2.69. The predicted molar refractivity (Wildman–Crippen MR) is 54.2 cm³/mol. The average molecular weight is 220 g/mol. The van der Waals surface area contributed by atoms with Crippen LogP contribution in [0.15, 0.2) is 0 Å². The molecule has 3 atom stereocenters. The normalized spacial score (nSPS) is 28.7. The van der Waals surface area contributed by atoms with E-state index in [1.54, 1.807) is 6.26 Å². The van der Waals surface area contributed by atoms with Gasteiger partial charge in [0.15, 0.2) is 0 Å². The van der Waals surface area contributed by atoms with Crippen molar-refractivity contribution in [2.24, 2.45) is 11.7 Å². The molecule has 0 saturated carbocycles. The Balaban J connectivity index is 2.24. The highest BCUT2D eigenvalue weighted by atomic mass is 32.2. The van der Waals surface area contributed by atoms with Crippen molar-refractivity contribution in [3.63, 3.8) is 0 Å². The molecule has 0 aromatic rings. The molecule has 1 saturated heterocycles. The van der Waals surface area contributed by atoms with Crippen LogP contribution in [-0.4, -0.2) is 47.9 Å². The lowest BCUT2D eigenvalue weighted by Gasteiger charge is -2.12. The summed E-state index contributed by atoms with van der Waals surface area (Å²) in [4.78, 5) is 11.5. The van der Waals surface area contributed by atoms with Crippen molar-refractivity contribution in [3.8, 4) is 0 Å². The van der Waals surface area contributed by atoms with Crippen LogP contribution in [0.3, 0.4) is 0 Å². The summed E-state index contributed by atoms with van der Waals surface area (Å²) in [6.45, 7) is 1.27. The smallest absolute Gasteiger partial charge is 0.227 e. The van der Waals surface area contributed by atoms with E-state index in [1.807, 2.05) is 0 Å². The molecule has 82 valence electrons. The lowest BCUT2D eigenvalue weighted by Crippen LogP contribution is -2.42. The van der Waals surface area contributed by atoms with Gasteiger partial charge in [0, 0.05) is 35.4 Å². The minimum Gasteiger partial charge on any atom is -0.379 e. The van der Waals surface area contributed by atoms with E-state index in [9.17, 15) is 9.00 Å². The van der Waals surface area contributed by atoms with Crippen LogP contribution in [0.1, 0.15) is 0 Å². The van der Waals surface area contributed by atoms with Gasteiger partial charge in [-0.05, 0) is 0 Å². The largest absolute Gasteiger partial charge is 0.379 e. The fourth-order valence-electron chi connectivity index (χ4n) is 1.29. The maximum Gasteiger partial charge on any atom is 0.227 e. The van der Waals surface area contributed by atoms with E-state index in [-0.39, 0.29) is 17.9 Å². The van der Waals surface area contributed by atoms with Gasteiger partial charge in [-0.3, -0.25) is 9.00 Å². The third kappa shape index (κ3) is 3.36. The van der Waals surface area contributed by atoms with Gasteiger partial charge in [-0.2, -0.15) is 0 Å². The van der Waals surface area contributed by atoms with Crippen molar-refractivity contribution < 1.29 is 13.7 Å². The van der Waals surface area contributed by atoms with Crippen molar-refractivity contribution in [1.29, 1.82) is 0 Å². The zero-order chi connectivity index (χ0) is 10.6. The summed E-state index contributed by atoms with van der Waals surface area (Å²) in [6, 6.07) is -0.206. The standard InChI is InChI=1S/C8H16N2O3S/c1-14(12)3-2-10-8(11)6-4-13-5-7(6)9/h6-7H,2-5,9H2,1H3,(H,10,11). The molecule has 3 unspecified atom stereocenters. The van der Waals surface area contributed by atoms with E-state index in [2.05, 4.69) is 5.32 Å². The molecule has 0 aromatic heterocycles. The SMILES string of the molecule is CS(=O)CCNC(=O)C1COCC1N. The van der Waals surface area contributed by atoms with Gasteiger partial charge in [-0.1, -0.05) is 0 Å². The van der Waals surface area contributed by atoms with Gasteiger partial charge in [-0.25, -0.2) is 0 Å². The fraction of sp³-hybridized carbons (Fsp3) is 0.875. The number of rotatable bonds is 4. The molecular weight excluding hydrogens is 204 g/mol. The minimum atomic E-state index is -0.869. The van der Waals surface area contributed by atoms with E-state index in [0.717, 1.165) is 0 Å². The van der Waals surface area contributed by atoms with Crippen LogP contribution in [0.2, 0.25) is 0 Å². The summed E-state index contributed by atoms with van der Waals surface area (Å²) >= 11 is 0. The van der Waals surface area contributed by atoms with Gasteiger partial charge in [0.2, 0.25) is 5.91 Å². The van der Waals surface area contributed by atoms with E-state index in [1.165, 1.54) is 0 Å². The van der Waals surface area contributed by atoms with Crippen LogP contribution in [0.4, 0.5) is 0 Å². The summed E-state index contributed by atoms with van der Waals surface area (Å²) in [7, 11) is -0.869. The molecule has 0 aromatic carbocycles. The molecule has 0 aliphatic carbocycles. The number of nitrogens with two attached hydrogens (primary N) is 1. The monoisotopic (exact) mass is 220 g/mol. The molecule has 1 heterocycles. The number of amides is 1. The maximum absolute atomic E-state index is 11.5. The van der Waals surface area contributed by atoms with Gasteiger partial charge in [0.05, 0.1) is 19.1 Å². The van der Waals surface area contributed by atoms with Crippen LogP contribution in [-0.2, 0) is 20.3 Å². The molecule has 14 heavy (non-hydrogen) atoms. The van der Waals surface area contributed by atoms with Crippen LogP contribution in [0.5, 0.6) is 0 Å². The van der Waals surface area contributed by atoms with Crippen molar-refractivity contribution >= 4 is 16.7 Å². The molecule has 3 N–H and O–H groups in total. The first kappa shape index (κ1) is 11.6. The van der Waals surface area contributed by atoms with Crippen LogP contribution >= 0.6 is 0 Å². The minimum absolute atomic E-state index is 0.0968. The number of nitrogens with one attached hydrogen (secondary N) is 1. The van der Waals surface area contributed by atoms with Crippen LogP contribution in [0.25, 0.3) is 0 Å². The molecule has 1 fully saturated rings. The first-order chi connectivity index (χ1) is 6.61. The van der Waals surface area contributed by atoms with E-state index < -0.39 is 10.8 Å². The molecule has 0 spiro atoms. The highest BCUT2D eigenvalue weighted by Gasteiger charge is 2.30. The van der Waals surface area contributed by atoms with Gasteiger partial charge < -0.3 is 15.8 Å². The third-order valence-electron chi connectivity index (χ3n) is 2.15. The van der Waals surface area contributed by atoms with Gasteiger partial charge >= 0.3 is 0 Å². The predicted octanol–water partition coefficient (Wildman–Crippen LogP) is -1.55. The molecule has 5 nitrogen and oxygen atoms in total. The molecule has 0 bridgehead atoms. The van der Waals surface area contributed by atoms with Crippen LogP contribution in [0, 0.1) is 5.92 Å². The molecule has 1 aliphatic rings. The first-order valence-electron chi connectivity index (χ1n) is 4.52. The van der Waals surface area contributed by atoms with E-state index >= 15 is 0 Å². The van der Waals surface area contributed by atoms with Crippen molar-refractivity contribution in [3.05, 3.63) is 0 Å². The lowest BCUT2D eigenvalue weighted by molar-refractivity contribution is -0.125. The van der Waals surface area contributed by atoms with E-state index in [4.69, 9.17) is 10.5 Å². The molecule has 0 radical (unpaired) electrons. The first-order valence-corrected chi connectivity index (χ1v) is 6.25. The van der Waals surface area contributed by atoms with Crippen molar-refractivity contribution in [2.45, 2.75) is 6.04 Å².